The van der Waals surface area contributed by atoms with E-state index in [1.165, 1.54) is 23.1 Å². The molecule has 0 aliphatic rings. The van der Waals surface area contributed by atoms with Crippen LogP contribution >= 0.6 is 0 Å². The predicted molar refractivity (Wildman–Crippen MR) is 38.2 cm³/mol. The van der Waals surface area contributed by atoms with Gasteiger partial charge in [0.05, 0.1) is 0 Å². The van der Waals surface area contributed by atoms with Crippen LogP contribution in [0.3, 0.4) is 0 Å². The van der Waals surface area contributed by atoms with Crippen molar-refractivity contribution >= 4 is 11.8 Å². The molecule has 0 saturated carbocycles. The molecule has 6 heteroatoms. The first-order valence-corrected chi connectivity index (χ1v) is 3.21. The van der Waals surface area contributed by atoms with Gasteiger partial charge in [-0.25, -0.2) is 11.0 Å². The fourth-order valence-corrected chi connectivity index (χ4v) is 0.472. The molecule has 2 amide bonds. The van der Waals surface area contributed by atoms with Crippen LogP contribution in [0.1, 0.15) is 12.8 Å². The number of nitrogens with one attached hydrogen (secondary N) is 2. The van der Waals surface area contributed by atoms with E-state index in [2.05, 4.69) is 0 Å². The Hall–Kier alpha value is -1.40. The zero-order chi connectivity index (χ0) is 9.40. The van der Waals surface area contributed by atoms with E-state index in [1.807, 2.05) is 0 Å². The van der Waals surface area contributed by atoms with E-state index in [-0.39, 0.29) is 12.8 Å². The van der Waals surface area contributed by atoms with Gasteiger partial charge in [0.15, 0.2) is 0 Å². The molecule has 0 atom stereocenters. The average Bonchev–Trinajstić information content (AvgIpc) is 2.11. The fourth-order valence-electron chi connectivity index (χ4n) is 0.472. The molecular formula is C6H10N2O4. The minimum absolute atomic E-state index is 0.00475. The molecule has 0 bridgehead atoms. The first kappa shape index (κ1) is 10.6. The highest BCUT2D eigenvalue weighted by Crippen LogP contribution is 1.86. The van der Waals surface area contributed by atoms with Gasteiger partial charge in [0, 0.05) is 12.8 Å². The van der Waals surface area contributed by atoms with Crippen molar-refractivity contribution in [2.45, 2.75) is 12.8 Å². The summed E-state index contributed by atoms with van der Waals surface area (Å²) in [6.45, 7) is 0. The minimum Gasteiger partial charge on any atom is -0.289 e. The number of amides is 2. The number of carbonyl (C=O) groups is 2. The molecule has 0 aliphatic carbocycles. The molecule has 12 heavy (non-hydrogen) atoms. The molecule has 0 rings (SSSR count). The molecule has 0 fully saturated rings. The normalized spacial score (nSPS) is 9.83. The summed E-state index contributed by atoms with van der Waals surface area (Å²) in [5, 5.41) is 16.1. The molecule has 0 aromatic rings. The number of rotatable bonds is 4. The number of hydroxylamine groups is 2. The summed E-state index contributed by atoms with van der Waals surface area (Å²) < 4.78 is 0. The second-order valence-corrected chi connectivity index (χ2v) is 1.95. The van der Waals surface area contributed by atoms with Crippen LogP contribution in [-0.4, -0.2) is 22.2 Å². The third-order valence-corrected chi connectivity index (χ3v) is 1.02. The first-order chi connectivity index (χ1) is 5.70. The van der Waals surface area contributed by atoms with E-state index < -0.39 is 11.8 Å². The Morgan fingerprint density at radius 2 is 1.33 bits per heavy atom. The molecule has 0 aromatic carbocycles. The second kappa shape index (κ2) is 6.32. The lowest BCUT2D eigenvalue weighted by Gasteiger charge is -1.92. The van der Waals surface area contributed by atoms with Crippen molar-refractivity contribution in [2.24, 2.45) is 0 Å². The molecule has 0 aromatic heterocycles. The highest BCUT2D eigenvalue weighted by molar-refractivity contribution is 5.77. The Morgan fingerprint density at radius 1 is 1.00 bits per heavy atom. The van der Waals surface area contributed by atoms with Gasteiger partial charge in [-0.15, -0.1) is 0 Å². The van der Waals surface area contributed by atoms with Crippen LogP contribution in [0.4, 0.5) is 0 Å². The number of hydrogen-bond acceptors (Lipinski definition) is 4. The molecule has 0 saturated heterocycles. The Balaban J connectivity index is 3.50. The molecule has 6 nitrogen and oxygen atoms in total. The van der Waals surface area contributed by atoms with E-state index in [0.717, 1.165) is 0 Å². The largest absolute Gasteiger partial charge is 0.289 e. The Bertz CT molecular complexity index is 170. The van der Waals surface area contributed by atoms with Crippen LogP contribution in [0.2, 0.25) is 0 Å². The van der Waals surface area contributed by atoms with Gasteiger partial charge >= 0.3 is 0 Å². The lowest BCUT2D eigenvalue weighted by Crippen LogP contribution is -2.18. The maximum atomic E-state index is 10.4. The van der Waals surface area contributed by atoms with Crippen molar-refractivity contribution in [2.75, 3.05) is 0 Å². The van der Waals surface area contributed by atoms with Crippen LogP contribution < -0.4 is 11.0 Å². The lowest BCUT2D eigenvalue weighted by molar-refractivity contribution is -0.129. The summed E-state index contributed by atoms with van der Waals surface area (Å²) in [4.78, 5) is 20.7. The highest BCUT2D eigenvalue weighted by Gasteiger charge is 1.95. The second-order valence-electron chi connectivity index (χ2n) is 1.95. The maximum absolute atomic E-state index is 10.4. The van der Waals surface area contributed by atoms with Crippen LogP contribution in [0, 0.1) is 0 Å². The summed E-state index contributed by atoms with van der Waals surface area (Å²) >= 11 is 0. The summed E-state index contributed by atoms with van der Waals surface area (Å²) in [6, 6.07) is 0. The van der Waals surface area contributed by atoms with Gasteiger partial charge in [-0.3, -0.25) is 20.0 Å². The van der Waals surface area contributed by atoms with E-state index in [0.29, 0.717) is 0 Å². The van der Waals surface area contributed by atoms with Crippen molar-refractivity contribution in [3.8, 4) is 0 Å². The smallest absolute Gasteiger partial charge is 0.247 e. The zero-order valence-corrected chi connectivity index (χ0v) is 6.28. The minimum atomic E-state index is -0.560. The Labute approximate surface area is 68.8 Å². The summed E-state index contributed by atoms with van der Waals surface area (Å²) in [5.41, 5.74) is 2.85. The Kier molecular flexibility index (Phi) is 5.58. The van der Waals surface area contributed by atoms with Crippen molar-refractivity contribution < 1.29 is 20.0 Å². The van der Waals surface area contributed by atoms with E-state index >= 15 is 0 Å². The maximum Gasteiger partial charge on any atom is 0.247 e. The number of carbonyl (C=O) groups excluding carboxylic acids is 2. The third-order valence-electron chi connectivity index (χ3n) is 1.02. The topological polar surface area (TPSA) is 98.7 Å². The van der Waals surface area contributed by atoms with Gasteiger partial charge in [-0.2, -0.15) is 0 Å². The molecule has 0 unspecified atom stereocenters. The van der Waals surface area contributed by atoms with Gasteiger partial charge in [0.1, 0.15) is 0 Å². The van der Waals surface area contributed by atoms with E-state index in [9.17, 15) is 9.59 Å². The molecule has 0 radical (unpaired) electrons. The lowest BCUT2D eigenvalue weighted by atomic mass is 10.3. The molecule has 0 spiro atoms. The molecular weight excluding hydrogens is 164 g/mol. The van der Waals surface area contributed by atoms with Crippen molar-refractivity contribution in [3.63, 3.8) is 0 Å². The van der Waals surface area contributed by atoms with Crippen LogP contribution in [0.15, 0.2) is 12.2 Å². The van der Waals surface area contributed by atoms with Crippen LogP contribution in [0.5, 0.6) is 0 Å². The monoisotopic (exact) mass is 174 g/mol. The van der Waals surface area contributed by atoms with Crippen molar-refractivity contribution in [1.82, 2.24) is 11.0 Å². The van der Waals surface area contributed by atoms with Crippen LogP contribution in [0.25, 0.3) is 0 Å². The third kappa shape index (κ3) is 5.39. The first-order valence-electron chi connectivity index (χ1n) is 3.21. The summed E-state index contributed by atoms with van der Waals surface area (Å²) in [5.74, 6) is -1.12. The SMILES string of the molecule is O=C(C/C=C/CC(=O)NO)NO. The fraction of sp³-hybridized carbons (Fsp3) is 0.333. The van der Waals surface area contributed by atoms with Gasteiger partial charge < -0.3 is 0 Å². The molecule has 0 heterocycles. The standard InChI is InChI=1S/C6H10N2O4/c9-5(7-11)3-1-2-4-6(10)8-12/h1-2,11-12H,3-4H2,(H,7,9)(H,8,10)/b2-1+. The van der Waals surface area contributed by atoms with Crippen molar-refractivity contribution in [3.05, 3.63) is 12.2 Å². The zero-order valence-electron chi connectivity index (χ0n) is 6.28. The summed E-state index contributed by atoms with van der Waals surface area (Å²) in [6.07, 6.45) is 2.80. The van der Waals surface area contributed by atoms with Crippen LogP contribution in [-0.2, 0) is 9.59 Å². The summed E-state index contributed by atoms with van der Waals surface area (Å²) in [7, 11) is 0. The number of hydrogen-bond donors (Lipinski definition) is 4. The molecule has 0 aliphatic heterocycles. The predicted octanol–water partition coefficient (Wildman–Crippen LogP) is -0.666. The quantitative estimate of drug-likeness (QED) is 0.258. The molecule has 4 N–H and O–H groups in total. The molecule has 68 valence electrons. The van der Waals surface area contributed by atoms with Gasteiger partial charge in [0.2, 0.25) is 11.8 Å². The highest BCUT2D eigenvalue weighted by atomic mass is 16.5. The van der Waals surface area contributed by atoms with Crippen molar-refractivity contribution in [1.29, 1.82) is 0 Å². The van der Waals surface area contributed by atoms with Gasteiger partial charge in [-0.05, 0) is 0 Å². The Morgan fingerprint density at radius 3 is 1.58 bits per heavy atom. The van der Waals surface area contributed by atoms with Gasteiger partial charge in [-0.1, -0.05) is 12.2 Å². The van der Waals surface area contributed by atoms with E-state index in [1.54, 1.807) is 0 Å². The average molecular weight is 174 g/mol. The van der Waals surface area contributed by atoms with Gasteiger partial charge in [0.25, 0.3) is 0 Å². The van der Waals surface area contributed by atoms with E-state index in [4.69, 9.17) is 10.4 Å².